The van der Waals surface area contributed by atoms with E-state index in [1.54, 1.807) is 6.07 Å². The first-order valence-electron chi connectivity index (χ1n) is 5.95. The van der Waals surface area contributed by atoms with Crippen LogP contribution in [0.4, 0.5) is 0 Å². The average Bonchev–Trinajstić information content (AvgIpc) is 2.84. The Balaban J connectivity index is 2.08. The molecule has 0 saturated carbocycles. The lowest BCUT2D eigenvalue weighted by atomic mass is 10.1. The lowest BCUT2D eigenvalue weighted by molar-refractivity contribution is 0.525. The molecule has 5 heteroatoms. The van der Waals surface area contributed by atoms with Crippen molar-refractivity contribution in [3.8, 4) is 0 Å². The normalized spacial score (nSPS) is 12.8. The van der Waals surface area contributed by atoms with Gasteiger partial charge in [-0.3, -0.25) is 0 Å². The SMILES string of the molecule is NC(c1cc2cc(Cl)ccc2o1)c1cccc(Br)c1Cl. The van der Waals surface area contributed by atoms with Gasteiger partial charge in [-0.15, -0.1) is 0 Å². The van der Waals surface area contributed by atoms with Crippen molar-refractivity contribution in [2.45, 2.75) is 6.04 Å². The van der Waals surface area contributed by atoms with Gasteiger partial charge in [0.25, 0.3) is 0 Å². The van der Waals surface area contributed by atoms with E-state index in [4.69, 9.17) is 33.4 Å². The zero-order chi connectivity index (χ0) is 14.3. The van der Waals surface area contributed by atoms with E-state index in [1.165, 1.54) is 0 Å². The first-order chi connectivity index (χ1) is 9.56. The van der Waals surface area contributed by atoms with Gasteiger partial charge in [0.1, 0.15) is 11.3 Å². The van der Waals surface area contributed by atoms with Crippen molar-refractivity contribution in [3.05, 3.63) is 68.3 Å². The van der Waals surface area contributed by atoms with E-state index in [-0.39, 0.29) is 0 Å². The zero-order valence-electron chi connectivity index (χ0n) is 10.2. The van der Waals surface area contributed by atoms with Crippen LogP contribution in [0.1, 0.15) is 17.4 Å². The molecule has 2 N–H and O–H groups in total. The summed E-state index contributed by atoms with van der Waals surface area (Å²) >= 11 is 15.6. The fourth-order valence-corrected chi connectivity index (χ4v) is 2.91. The molecule has 2 aromatic carbocycles. The lowest BCUT2D eigenvalue weighted by Crippen LogP contribution is -2.11. The first kappa shape index (κ1) is 14.0. The van der Waals surface area contributed by atoms with E-state index >= 15 is 0 Å². The van der Waals surface area contributed by atoms with Crippen molar-refractivity contribution in [1.29, 1.82) is 0 Å². The molecule has 0 spiro atoms. The molecule has 0 saturated heterocycles. The Morgan fingerprint density at radius 2 is 1.90 bits per heavy atom. The molecule has 0 amide bonds. The molecule has 0 bridgehead atoms. The van der Waals surface area contributed by atoms with Crippen LogP contribution >= 0.6 is 39.1 Å². The molecule has 0 radical (unpaired) electrons. The highest BCUT2D eigenvalue weighted by atomic mass is 79.9. The molecule has 0 aliphatic heterocycles. The average molecular weight is 371 g/mol. The van der Waals surface area contributed by atoms with Gasteiger partial charge < -0.3 is 10.2 Å². The topological polar surface area (TPSA) is 39.2 Å². The van der Waals surface area contributed by atoms with Crippen LogP contribution in [0.5, 0.6) is 0 Å². The van der Waals surface area contributed by atoms with E-state index < -0.39 is 6.04 Å². The Bertz CT molecular complexity index is 785. The summed E-state index contributed by atoms with van der Waals surface area (Å²) in [6.07, 6.45) is 0. The van der Waals surface area contributed by atoms with Crippen LogP contribution in [0, 0.1) is 0 Å². The third-order valence-electron chi connectivity index (χ3n) is 3.12. The minimum atomic E-state index is -0.425. The van der Waals surface area contributed by atoms with Crippen LogP contribution in [0.25, 0.3) is 11.0 Å². The first-order valence-corrected chi connectivity index (χ1v) is 7.49. The van der Waals surface area contributed by atoms with Crippen LogP contribution < -0.4 is 5.73 Å². The van der Waals surface area contributed by atoms with Crippen molar-refractivity contribution >= 4 is 50.1 Å². The van der Waals surface area contributed by atoms with Crippen molar-refractivity contribution in [2.24, 2.45) is 5.73 Å². The van der Waals surface area contributed by atoms with Crippen molar-refractivity contribution in [2.75, 3.05) is 0 Å². The molecule has 0 aliphatic carbocycles. The third kappa shape index (κ3) is 2.47. The summed E-state index contributed by atoms with van der Waals surface area (Å²) in [6, 6.07) is 12.6. The molecule has 102 valence electrons. The molecule has 2 nitrogen and oxygen atoms in total. The summed E-state index contributed by atoms with van der Waals surface area (Å²) in [7, 11) is 0. The van der Waals surface area contributed by atoms with Crippen molar-refractivity contribution < 1.29 is 4.42 Å². The maximum atomic E-state index is 6.27. The minimum absolute atomic E-state index is 0.425. The summed E-state index contributed by atoms with van der Waals surface area (Å²) in [5, 5.41) is 2.19. The van der Waals surface area contributed by atoms with Crippen molar-refractivity contribution in [1.82, 2.24) is 0 Å². The summed E-state index contributed by atoms with van der Waals surface area (Å²) in [6.45, 7) is 0. The zero-order valence-corrected chi connectivity index (χ0v) is 13.3. The maximum Gasteiger partial charge on any atom is 0.134 e. The van der Waals surface area contributed by atoms with Crippen LogP contribution in [-0.4, -0.2) is 0 Å². The number of nitrogens with two attached hydrogens (primary N) is 1. The van der Waals surface area contributed by atoms with Gasteiger partial charge in [-0.25, -0.2) is 0 Å². The van der Waals surface area contributed by atoms with Gasteiger partial charge in [0.2, 0.25) is 0 Å². The summed E-state index contributed by atoms with van der Waals surface area (Å²) < 4.78 is 6.59. The Morgan fingerprint density at radius 3 is 2.70 bits per heavy atom. The quantitative estimate of drug-likeness (QED) is 0.642. The number of rotatable bonds is 2. The Morgan fingerprint density at radius 1 is 1.10 bits per heavy atom. The predicted molar refractivity (Wildman–Crippen MR) is 86.4 cm³/mol. The third-order valence-corrected chi connectivity index (χ3v) is 4.67. The molecular formula is C15H10BrCl2NO. The largest absolute Gasteiger partial charge is 0.459 e. The van der Waals surface area contributed by atoms with Crippen molar-refractivity contribution in [3.63, 3.8) is 0 Å². The van der Waals surface area contributed by atoms with Gasteiger partial charge in [-0.05, 0) is 51.8 Å². The molecule has 3 rings (SSSR count). The van der Waals surface area contributed by atoms with Gasteiger partial charge in [-0.2, -0.15) is 0 Å². The summed E-state index contributed by atoms with van der Waals surface area (Å²) in [5.74, 6) is 0.655. The molecule has 3 aromatic rings. The number of furan rings is 1. The maximum absolute atomic E-state index is 6.27. The molecule has 0 aliphatic rings. The van der Waals surface area contributed by atoms with Gasteiger partial charge >= 0.3 is 0 Å². The molecule has 20 heavy (non-hydrogen) atoms. The smallest absolute Gasteiger partial charge is 0.134 e. The standard InChI is InChI=1S/C15H10BrCl2NO/c16-11-3-1-2-10(14(11)18)15(19)13-7-8-6-9(17)4-5-12(8)20-13/h1-7,15H,19H2. The summed E-state index contributed by atoms with van der Waals surface area (Å²) in [4.78, 5) is 0. The van der Waals surface area contributed by atoms with Gasteiger partial charge in [0.15, 0.2) is 0 Å². The van der Waals surface area contributed by atoms with Gasteiger partial charge in [0, 0.05) is 14.9 Å². The second kappa shape index (κ2) is 5.41. The number of halogens is 3. The van der Waals surface area contributed by atoms with Crippen LogP contribution in [-0.2, 0) is 0 Å². The van der Waals surface area contributed by atoms with E-state index in [2.05, 4.69) is 15.9 Å². The Kier molecular flexibility index (Phi) is 3.78. The Hall–Kier alpha value is -1.000. The predicted octanol–water partition coefficient (Wildman–Crippen LogP) is 5.55. The highest BCUT2D eigenvalue weighted by Gasteiger charge is 2.18. The van der Waals surface area contributed by atoms with E-state index in [0.29, 0.717) is 15.8 Å². The van der Waals surface area contributed by atoms with Gasteiger partial charge in [-0.1, -0.05) is 35.3 Å². The number of fused-ring (bicyclic) bond motifs is 1. The molecule has 1 unspecified atom stereocenters. The number of hydrogen-bond donors (Lipinski definition) is 1. The van der Waals surface area contributed by atoms with Crippen LogP contribution in [0.2, 0.25) is 10.0 Å². The highest BCUT2D eigenvalue weighted by Crippen LogP contribution is 2.34. The number of hydrogen-bond acceptors (Lipinski definition) is 2. The fraction of sp³-hybridized carbons (Fsp3) is 0.0667. The van der Waals surface area contributed by atoms with Crippen LogP contribution in [0.3, 0.4) is 0 Å². The monoisotopic (exact) mass is 369 g/mol. The fourth-order valence-electron chi connectivity index (χ4n) is 2.10. The van der Waals surface area contributed by atoms with Crippen LogP contribution in [0.15, 0.2) is 51.4 Å². The number of benzene rings is 2. The molecule has 0 fully saturated rings. The molecular weight excluding hydrogens is 361 g/mol. The van der Waals surface area contributed by atoms with E-state index in [0.717, 1.165) is 21.0 Å². The minimum Gasteiger partial charge on any atom is -0.459 e. The van der Waals surface area contributed by atoms with Gasteiger partial charge in [0.05, 0.1) is 11.1 Å². The molecule has 1 heterocycles. The second-order valence-electron chi connectivity index (χ2n) is 4.45. The molecule has 1 aromatic heterocycles. The Labute approximate surface area is 134 Å². The summed E-state index contributed by atoms with van der Waals surface area (Å²) in [5.41, 5.74) is 7.82. The highest BCUT2D eigenvalue weighted by molar-refractivity contribution is 9.10. The van der Waals surface area contributed by atoms with E-state index in [9.17, 15) is 0 Å². The van der Waals surface area contributed by atoms with E-state index in [1.807, 2.05) is 36.4 Å². The lowest BCUT2D eigenvalue weighted by Gasteiger charge is -2.11. The molecule has 1 atom stereocenters. The second-order valence-corrected chi connectivity index (χ2v) is 6.12.